The first-order valence-corrected chi connectivity index (χ1v) is 7.71. The van der Waals surface area contributed by atoms with Crippen LogP contribution in [0.15, 0.2) is 24.3 Å². The van der Waals surface area contributed by atoms with E-state index in [-0.39, 0.29) is 23.5 Å². The predicted molar refractivity (Wildman–Crippen MR) is 81.7 cm³/mol. The molecule has 3 rings (SSSR count). The number of ether oxygens (including phenoxy) is 2. The second-order valence-corrected chi connectivity index (χ2v) is 7.25. The van der Waals surface area contributed by atoms with Crippen LogP contribution < -0.4 is 0 Å². The molecule has 1 heterocycles. The number of hydrogen-bond donors (Lipinski definition) is 1. The third-order valence-electron chi connectivity index (χ3n) is 3.96. The fraction of sp³-hybridized carbons (Fsp3) is 0.588. The highest BCUT2D eigenvalue weighted by Gasteiger charge is 2.52. The molecule has 2 fully saturated rings. The molecule has 0 unspecified atom stereocenters. The Hall–Kier alpha value is -1.75. The van der Waals surface area contributed by atoms with Crippen molar-refractivity contribution in [3.63, 3.8) is 0 Å². The van der Waals surface area contributed by atoms with E-state index in [0.717, 1.165) is 18.4 Å². The first kappa shape index (κ1) is 15.2. The summed E-state index contributed by atoms with van der Waals surface area (Å²) in [4.78, 5) is 14.1. The molecule has 5 nitrogen and oxygen atoms in total. The SMILES string of the molecule is CC(C)(C)OC(=O)N1C[C@H](c2cccc(O)c2)OC2(CC2)C1. The van der Waals surface area contributed by atoms with E-state index in [1.165, 1.54) is 0 Å². The lowest BCUT2D eigenvalue weighted by Gasteiger charge is -2.39. The summed E-state index contributed by atoms with van der Waals surface area (Å²) in [5.41, 5.74) is 0.150. The van der Waals surface area contributed by atoms with Crippen molar-refractivity contribution in [3.8, 4) is 5.75 Å². The molecule has 5 heteroatoms. The number of carbonyl (C=O) groups excluding carboxylic acids is 1. The molecule has 0 bridgehead atoms. The van der Waals surface area contributed by atoms with Crippen molar-refractivity contribution in [2.45, 2.75) is 50.9 Å². The number of phenolic OH excluding ortho intramolecular Hbond substituents is 1. The first-order valence-electron chi connectivity index (χ1n) is 7.71. The Morgan fingerprint density at radius 1 is 1.41 bits per heavy atom. The zero-order chi connectivity index (χ0) is 16.0. The Balaban J connectivity index is 1.77. The van der Waals surface area contributed by atoms with Gasteiger partial charge in [0.15, 0.2) is 0 Å². The van der Waals surface area contributed by atoms with Gasteiger partial charge in [-0.25, -0.2) is 4.79 Å². The highest BCUT2D eigenvalue weighted by molar-refractivity contribution is 5.68. The van der Waals surface area contributed by atoms with Crippen LogP contribution >= 0.6 is 0 Å². The van der Waals surface area contributed by atoms with Crippen LogP contribution in [0.3, 0.4) is 0 Å². The smallest absolute Gasteiger partial charge is 0.410 e. The highest BCUT2D eigenvalue weighted by Crippen LogP contribution is 2.47. The standard InChI is InChI=1S/C17H23NO4/c1-16(2,3)22-15(20)18-10-14(21-17(11-18)7-8-17)12-5-4-6-13(19)9-12/h4-6,9,14,19H,7-8,10-11H2,1-3H3/t14-/m1/s1. The molecule has 1 atom stereocenters. The van der Waals surface area contributed by atoms with Gasteiger partial charge in [-0.3, -0.25) is 0 Å². The van der Waals surface area contributed by atoms with Crippen molar-refractivity contribution >= 4 is 6.09 Å². The monoisotopic (exact) mass is 305 g/mol. The molecule has 1 aliphatic carbocycles. The molecule has 1 spiro atoms. The predicted octanol–water partition coefficient (Wildman–Crippen LogP) is 3.23. The van der Waals surface area contributed by atoms with E-state index in [1.807, 2.05) is 26.8 Å². The second kappa shape index (κ2) is 5.16. The third kappa shape index (κ3) is 3.35. The molecule has 2 aliphatic rings. The van der Waals surface area contributed by atoms with E-state index < -0.39 is 5.60 Å². The Kier molecular flexibility index (Phi) is 3.56. The van der Waals surface area contributed by atoms with Gasteiger partial charge in [-0.2, -0.15) is 0 Å². The summed E-state index contributed by atoms with van der Waals surface area (Å²) in [6.07, 6.45) is 1.39. The van der Waals surface area contributed by atoms with E-state index >= 15 is 0 Å². The van der Waals surface area contributed by atoms with Gasteiger partial charge in [0.05, 0.1) is 18.7 Å². The van der Waals surface area contributed by atoms with Gasteiger partial charge in [0.2, 0.25) is 0 Å². The molecule has 1 saturated heterocycles. The third-order valence-corrected chi connectivity index (χ3v) is 3.96. The molecule has 22 heavy (non-hydrogen) atoms. The fourth-order valence-corrected chi connectivity index (χ4v) is 2.77. The number of carbonyl (C=O) groups is 1. The maximum absolute atomic E-state index is 12.4. The largest absolute Gasteiger partial charge is 0.508 e. The van der Waals surface area contributed by atoms with Gasteiger partial charge in [0.25, 0.3) is 0 Å². The van der Waals surface area contributed by atoms with Crippen LogP contribution in [-0.4, -0.2) is 40.4 Å². The normalized spacial score (nSPS) is 23.4. The summed E-state index contributed by atoms with van der Waals surface area (Å²) in [5.74, 6) is 0.209. The molecule has 1 aromatic rings. The van der Waals surface area contributed by atoms with Crippen molar-refractivity contribution in [2.24, 2.45) is 0 Å². The van der Waals surface area contributed by atoms with Gasteiger partial charge in [0.1, 0.15) is 17.5 Å². The van der Waals surface area contributed by atoms with E-state index in [1.54, 1.807) is 23.1 Å². The van der Waals surface area contributed by atoms with Crippen molar-refractivity contribution in [3.05, 3.63) is 29.8 Å². The summed E-state index contributed by atoms with van der Waals surface area (Å²) < 4.78 is 11.7. The molecular formula is C17H23NO4. The van der Waals surface area contributed by atoms with Gasteiger partial charge >= 0.3 is 6.09 Å². The average molecular weight is 305 g/mol. The molecule has 1 aromatic carbocycles. The van der Waals surface area contributed by atoms with Crippen molar-refractivity contribution in [2.75, 3.05) is 13.1 Å². The van der Waals surface area contributed by atoms with Gasteiger partial charge in [-0.05, 0) is 51.3 Å². The van der Waals surface area contributed by atoms with Crippen LogP contribution in [0.5, 0.6) is 5.75 Å². The van der Waals surface area contributed by atoms with Crippen LogP contribution in [0.4, 0.5) is 4.79 Å². The fourth-order valence-electron chi connectivity index (χ4n) is 2.77. The number of morpholine rings is 1. The molecule has 1 N–H and O–H groups in total. The Labute approximate surface area is 130 Å². The molecule has 120 valence electrons. The summed E-state index contributed by atoms with van der Waals surface area (Å²) in [5, 5.41) is 9.66. The lowest BCUT2D eigenvalue weighted by Crippen LogP contribution is -2.49. The van der Waals surface area contributed by atoms with Gasteiger partial charge < -0.3 is 19.5 Å². The zero-order valence-corrected chi connectivity index (χ0v) is 13.3. The number of amides is 1. The molecule has 0 radical (unpaired) electrons. The maximum Gasteiger partial charge on any atom is 0.410 e. The molecule has 1 saturated carbocycles. The topological polar surface area (TPSA) is 59.0 Å². The number of aromatic hydroxyl groups is 1. The number of phenols is 1. The number of benzene rings is 1. The van der Waals surface area contributed by atoms with Crippen LogP contribution in [0.2, 0.25) is 0 Å². The number of rotatable bonds is 1. The Bertz CT molecular complexity index is 574. The number of hydrogen-bond acceptors (Lipinski definition) is 4. The van der Waals surface area contributed by atoms with Crippen LogP contribution in [-0.2, 0) is 9.47 Å². The van der Waals surface area contributed by atoms with Crippen molar-refractivity contribution in [1.82, 2.24) is 4.90 Å². The lowest BCUT2D eigenvalue weighted by molar-refractivity contribution is -0.103. The Morgan fingerprint density at radius 2 is 2.14 bits per heavy atom. The minimum Gasteiger partial charge on any atom is -0.508 e. The molecule has 1 aliphatic heterocycles. The van der Waals surface area contributed by atoms with Gasteiger partial charge in [0, 0.05) is 0 Å². The quantitative estimate of drug-likeness (QED) is 0.865. The van der Waals surface area contributed by atoms with E-state index in [4.69, 9.17) is 9.47 Å². The summed E-state index contributed by atoms with van der Waals surface area (Å²) >= 11 is 0. The first-order chi connectivity index (χ1) is 10.3. The van der Waals surface area contributed by atoms with E-state index in [9.17, 15) is 9.90 Å². The summed E-state index contributed by atoms with van der Waals surface area (Å²) in [6.45, 7) is 6.62. The lowest BCUT2D eigenvalue weighted by atomic mass is 10.1. The van der Waals surface area contributed by atoms with Crippen LogP contribution in [0.25, 0.3) is 0 Å². The van der Waals surface area contributed by atoms with E-state index in [0.29, 0.717) is 13.1 Å². The van der Waals surface area contributed by atoms with Crippen LogP contribution in [0, 0.1) is 0 Å². The second-order valence-electron chi connectivity index (χ2n) is 7.25. The minimum absolute atomic E-state index is 0.209. The van der Waals surface area contributed by atoms with Crippen LogP contribution in [0.1, 0.15) is 45.3 Å². The van der Waals surface area contributed by atoms with E-state index in [2.05, 4.69) is 0 Å². The van der Waals surface area contributed by atoms with Crippen molar-refractivity contribution < 1.29 is 19.4 Å². The molecule has 0 aromatic heterocycles. The molecule has 1 amide bonds. The Morgan fingerprint density at radius 3 is 2.73 bits per heavy atom. The summed E-state index contributed by atoms with van der Waals surface area (Å²) in [7, 11) is 0. The van der Waals surface area contributed by atoms with Gasteiger partial charge in [-0.15, -0.1) is 0 Å². The summed E-state index contributed by atoms with van der Waals surface area (Å²) in [6, 6.07) is 7.03. The minimum atomic E-state index is -0.507. The average Bonchev–Trinajstić information content (AvgIpc) is 3.15. The molecular weight excluding hydrogens is 282 g/mol. The van der Waals surface area contributed by atoms with Gasteiger partial charge in [-0.1, -0.05) is 12.1 Å². The highest BCUT2D eigenvalue weighted by atomic mass is 16.6. The zero-order valence-electron chi connectivity index (χ0n) is 13.3. The number of nitrogens with zero attached hydrogens (tertiary/aromatic N) is 1. The maximum atomic E-state index is 12.4. The van der Waals surface area contributed by atoms with Crippen molar-refractivity contribution in [1.29, 1.82) is 0 Å².